The molecule has 1 atom stereocenters. The number of sulfonamides is 1. The standard InChI is InChI=1S/C23H28N2O4S/c1-16(2)15-21(23(26)24-18-9-11-19(29-4)12-10-18)25-14-13-17(3)20-7-5-6-8-22(20)30(25,27)28/h5-12,16,21H,3,13-15H2,1-2,4H3,(H,24,26)/t21-/m0/s1. The van der Waals surface area contributed by atoms with Gasteiger partial charge in [0.15, 0.2) is 0 Å². The van der Waals surface area contributed by atoms with Gasteiger partial charge in [-0.1, -0.05) is 38.6 Å². The molecule has 1 N–H and O–H groups in total. The summed E-state index contributed by atoms with van der Waals surface area (Å²) in [5.41, 5.74) is 1.97. The minimum Gasteiger partial charge on any atom is -0.497 e. The van der Waals surface area contributed by atoms with Crippen molar-refractivity contribution in [2.24, 2.45) is 5.92 Å². The Bertz CT molecular complexity index is 1030. The molecule has 0 fully saturated rings. The van der Waals surface area contributed by atoms with Crippen molar-refractivity contribution in [3.05, 3.63) is 60.7 Å². The lowest BCUT2D eigenvalue weighted by Gasteiger charge is -2.30. The number of benzene rings is 2. The normalized spacial score (nSPS) is 17.1. The summed E-state index contributed by atoms with van der Waals surface area (Å²) in [6, 6.07) is 13.0. The van der Waals surface area contributed by atoms with Gasteiger partial charge in [-0.05, 0) is 60.2 Å². The molecule has 0 aromatic heterocycles. The van der Waals surface area contributed by atoms with Crippen molar-refractivity contribution in [3.63, 3.8) is 0 Å². The van der Waals surface area contributed by atoms with Crippen LogP contribution in [0.3, 0.4) is 0 Å². The van der Waals surface area contributed by atoms with Crippen LogP contribution >= 0.6 is 0 Å². The topological polar surface area (TPSA) is 75.7 Å². The Labute approximate surface area is 178 Å². The van der Waals surface area contributed by atoms with Crippen LogP contribution in [-0.2, 0) is 14.8 Å². The van der Waals surface area contributed by atoms with Crippen LogP contribution in [-0.4, -0.2) is 38.3 Å². The van der Waals surface area contributed by atoms with Gasteiger partial charge in [0.1, 0.15) is 11.8 Å². The molecule has 1 aliphatic rings. The van der Waals surface area contributed by atoms with Crippen molar-refractivity contribution in [1.29, 1.82) is 0 Å². The third kappa shape index (κ3) is 4.57. The summed E-state index contributed by atoms with van der Waals surface area (Å²) >= 11 is 0. The molecule has 1 heterocycles. The number of carbonyl (C=O) groups excluding carboxylic acids is 1. The summed E-state index contributed by atoms with van der Waals surface area (Å²) < 4.78 is 33.5. The number of hydrogen-bond acceptors (Lipinski definition) is 4. The number of amides is 1. The van der Waals surface area contributed by atoms with Crippen molar-refractivity contribution < 1.29 is 17.9 Å². The van der Waals surface area contributed by atoms with Crippen molar-refractivity contribution in [2.45, 2.75) is 37.6 Å². The third-order valence-corrected chi connectivity index (χ3v) is 7.16. The molecule has 1 amide bonds. The molecule has 0 unspecified atom stereocenters. The highest BCUT2D eigenvalue weighted by molar-refractivity contribution is 7.89. The zero-order valence-electron chi connectivity index (χ0n) is 17.6. The summed E-state index contributed by atoms with van der Waals surface area (Å²) in [5, 5.41) is 2.87. The Hall–Kier alpha value is -2.64. The fourth-order valence-corrected chi connectivity index (χ4v) is 5.48. The van der Waals surface area contributed by atoms with Gasteiger partial charge < -0.3 is 10.1 Å². The Morgan fingerprint density at radius 2 is 1.83 bits per heavy atom. The number of anilines is 1. The minimum absolute atomic E-state index is 0.133. The number of nitrogens with one attached hydrogen (secondary N) is 1. The van der Waals surface area contributed by atoms with Crippen LogP contribution in [0.1, 0.15) is 32.3 Å². The molecular formula is C23H28N2O4S. The van der Waals surface area contributed by atoms with E-state index in [-0.39, 0.29) is 23.3 Å². The van der Waals surface area contributed by atoms with Crippen LogP contribution in [0.4, 0.5) is 5.69 Å². The molecule has 0 aliphatic carbocycles. The molecule has 2 aromatic rings. The Kier molecular flexibility index (Phi) is 6.63. The molecule has 30 heavy (non-hydrogen) atoms. The van der Waals surface area contributed by atoms with Gasteiger partial charge in [-0.25, -0.2) is 8.42 Å². The summed E-state index contributed by atoms with van der Waals surface area (Å²) in [5.74, 6) is 0.466. The van der Waals surface area contributed by atoms with E-state index < -0.39 is 16.1 Å². The van der Waals surface area contributed by atoms with Gasteiger partial charge in [0.05, 0.1) is 12.0 Å². The SMILES string of the molecule is C=C1CCN([C@@H](CC(C)C)C(=O)Nc2ccc(OC)cc2)S(=O)(=O)c2ccccc21. The van der Waals surface area contributed by atoms with E-state index in [2.05, 4.69) is 11.9 Å². The van der Waals surface area contributed by atoms with Crippen LogP contribution in [0.2, 0.25) is 0 Å². The lowest BCUT2D eigenvalue weighted by molar-refractivity contribution is -0.120. The van der Waals surface area contributed by atoms with Crippen LogP contribution in [0.5, 0.6) is 5.75 Å². The number of carbonyl (C=O) groups is 1. The lowest BCUT2D eigenvalue weighted by Crippen LogP contribution is -2.48. The van der Waals surface area contributed by atoms with Gasteiger partial charge in [0, 0.05) is 12.2 Å². The maximum Gasteiger partial charge on any atom is 0.244 e. The molecule has 0 bridgehead atoms. The number of rotatable bonds is 6. The second kappa shape index (κ2) is 9.02. The average molecular weight is 429 g/mol. The van der Waals surface area contributed by atoms with Gasteiger partial charge in [0.25, 0.3) is 0 Å². The quantitative estimate of drug-likeness (QED) is 0.750. The van der Waals surface area contributed by atoms with E-state index in [9.17, 15) is 13.2 Å². The van der Waals surface area contributed by atoms with Crippen molar-refractivity contribution >= 4 is 27.2 Å². The van der Waals surface area contributed by atoms with Crippen LogP contribution < -0.4 is 10.1 Å². The van der Waals surface area contributed by atoms with Gasteiger partial charge in [-0.3, -0.25) is 4.79 Å². The van der Waals surface area contributed by atoms with Gasteiger partial charge in [0.2, 0.25) is 15.9 Å². The minimum atomic E-state index is -3.85. The first-order chi connectivity index (χ1) is 14.2. The number of fused-ring (bicyclic) bond motifs is 1. The Morgan fingerprint density at radius 3 is 2.47 bits per heavy atom. The Morgan fingerprint density at radius 1 is 1.17 bits per heavy atom. The monoisotopic (exact) mass is 428 g/mol. The van der Waals surface area contributed by atoms with Gasteiger partial charge >= 0.3 is 0 Å². The molecule has 6 nitrogen and oxygen atoms in total. The van der Waals surface area contributed by atoms with E-state index in [1.54, 1.807) is 55.6 Å². The predicted octanol–water partition coefficient (Wildman–Crippen LogP) is 4.16. The second-order valence-corrected chi connectivity index (χ2v) is 9.69. The third-order valence-electron chi connectivity index (χ3n) is 5.19. The maximum atomic E-state index is 13.5. The molecular weight excluding hydrogens is 400 g/mol. The number of methoxy groups -OCH3 is 1. The number of ether oxygens (including phenoxy) is 1. The van der Waals surface area contributed by atoms with E-state index in [1.165, 1.54) is 4.31 Å². The molecule has 0 spiro atoms. The zero-order chi connectivity index (χ0) is 21.9. The van der Waals surface area contributed by atoms with Crippen molar-refractivity contribution in [2.75, 3.05) is 19.0 Å². The lowest BCUT2D eigenvalue weighted by atomic mass is 10.0. The summed E-state index contributed by atoms with van der Waals surface area (Å²) in [4.78, 5) is 13.4. The van der Waals surface area contributed by atoms with E-state index in [0.717, 1.165) is 5.57 Å². The number of nitrogens with zero attached hydrogens (tertiary/aromatic N) is 1. The summed E-state index contributed by atoms with van der Waals surface area (Å²) in [6.07, 6.45) is 0.885. The fraction of sp³-hybridized carbons (Fsp3) is 0.348. The van der Waals surface area contributed by atoms with Gasteiger partial charge in [-0.2, -0.15) is 4.31 Å². The predicted molar refractivity (Wildman–Crippen MR) is 119 cm³/mol. The van der Waals surface area contributed by atoms with Crippen LogP contribution in [0.25, 0.3) is 5.57 Å². The van der Waals surface area contributed by atoms with Crippen molar-refractivity contribution in [3.8, 4) is 5.75 Å². The fourth-order valence-electron chi connectivity index (χ4n) is 3.64. The molecule has 0 radical (unpaired) electrons. The molecule has 0 saturated heterocycles. The van der Waals surface area contributed by atoms with Crippen LogP contribution in [0, 0.1) is 5.92 Å². The smallest absolute Gasteiger partial charge is 0.244 e. The summed E-state index contributed by atoms with van der Waals surface area (Å²) in [7, 11) is -2.28. The average Bonchev–Trinajstić information content (AvgIpc) is 2.82. The molecule has 0 saturated carbocycles. The zero-order valence-corrected chi connectivity index (χ0v) is 18.4. The van der Waals surface area contributed by atoms with E-state index in [4.69, 9.17) is 4.74 Å². The first kappa shape index (κ1) is 22.1. The molecule has 1 aliphatic heterocycles. The van der Waals surface area contributed by atoms with Crippen molar-refractivity contribution in [1.82, 2.24) is 4.31 Å². The molecule has 3 rings (SSSR count). The van der Waals surface area contributed by atoms with E-state index in [1.807, 2.05) is 13.8 Å². The molecule has 2 aromatic carbocycles. The maximum absolute atomic E-state index is 13.5. The highest BCUT2D eigenvalue weighted by Gasteiger charge is 2.39. The first-order valence-corrected chi connectivity index (χ1v) is 11.4. The summed E-state index contributed by atoms with van der Waals surface area (Å²) in [6.45, 7) is 8.23. The highest BCUT2D eigenvalue weighted by Crippen LogP contribution is 2.33. The molecule has 160 valence electrons. The second-order valence-electron chi connectivity index (χ2n) is 7.83. The number of hydrogen-bond donors (Lipinski definition) is 1. The van der Waals surface area contributed by atoms with E-state index in [0.29, 0.717) is 29.8 Å². The Balaban J connectivity index is 1.96. The first-order valence-electron chi connectivity index (χ1n) is 9.98. The molecule has 7 heteroatoms. The van der Waals surface area contributed by atoms with Crippen LogP contribution in [0.15, 0.2) is 60.0 Å². The highest BCUT2D eigenvalue weighted by atomic mass is 32.2. The van der Waals surface area contributed by atoms with E-state index >= 15 is 0 Å². The largest absolute Gasteiger partial charge is 0.497 e. The van der Waals surface area contributed by atoms with Gasteiger partial charge in [-0.15, -0.1) is 0 Å².